The van der Waals surface area contributed by atoms with Gasteiger partial charge in [0.25, 0.3) is 0 Å². The van der Waals surface area contributed by atoms with Crippen molar-refractivity contribution in [3.05, 3.63) is 54.1 Å². The molecule has 2 aromatic carbocycles. The fourth-order valence-electron chi connectivity index (χ4n) is 1.70. The Labute approximate surface area is 128 Å². The van der Waals surface area contributed by atoms with Gasteiger partial charge < -0.3 is 15.2 Å². The number of carbonyl (C=O) groups excluding carboxylic acids is 1. The first-order valence-corrected chi connectivity index (χ1v) is 7.60. The lowest BCUT2D eigenvalue weighted by atomic mass is 10.2. The predicted molar refractivity (Wildman–Crippen MR) is 84.9 cm³/mol. The molecule has 0 aliphatic heterocycles. The van der Waals surface area contributed by atoms with E-state index in [0.29, 0.717) is 5.75 Å². The van der Waals surface area contributed by atoms with Crippen LogP contribution in [0.3, 0.4) is 0 Å². The van der Waals surface area contributed by atoms with Gasteiger partial charge in [0.2, 0.25) is 5.91 Å². The molecule has 0 aliphatic rings. The Morgan fingerprint density at radius 2 is 1.52 bits per heavy atom. The molecule has 0 saturated carbocycles. The molecule has 0 spiro atoms. The van der Waals surface area contributed by atoms with Gasteiger partial charge in [-0.1, -0.05) is 12.1 Å². The third kappa shape index (κ3) is 5.04. The van der Waals surface area contributed by atoms with Crippen LogP contribution in [0.5, 0.6) is 17.2 Å². The monoisotopic (exact) mass is 303 g/mol. The molecule has 4 nitrogen and oxygen atoms in total. The van der Waals surface area contributed by atoms with E-state index in [-0.39, 0.29) is 5.91 Å². The summed E-state index contributed by atoms with van der Waals surface area (Å²) in [5, 5.41) is 0. The highest BCUT2D eigenvalue weighted by molar-refractivity contribution is 7.99. The van der Waals surface area contributed by atoms with Crippen LogP contribution in [0.15, 0.2) is 48.5 Å². The van der Waals surface area contributed by atoms with E-state index < -0.39 is 0 Å². The zero-order valence-electron chi connectivity index (χ0n) is 11.7. The molecule has 2 N–H and O–H groups in total. The molecule has 0 aliphatic carbocycles. The molecule has 0 radical (unpaired) electrons. The van der Waals surface area contributed by atoms with E-state index in [1.165, 1.54) is 11.8 Å². The lowest BCUT2D eigenvalue weighted by molar-refractivity contribution is -0.115. The molecule has 5 heteroatoms. The van der Waals surface area contributed by atoms with Gasteiger partial charge in [-0.05, 0) is 42.0 Å². The largest absolute Gasteiger partial charge is 0.497 e. The summed E-state index contributed by atoms with van der Waals surface area (Å²) < 4.78 is 10.8. The van der Waals surface area contributed by atoms with Crippen molar-refractivity contribution < 1.29 is 14.3 Å². The number of hydrogen-bond donors (Lipinski definition) is 1. The zero-order valence-corrected chi connectivity index (χ0v) is 12.6. The van der Waals surface area contributed by atoms with E-state index in [1.54, 1.807) is 7.11 Å². The topological polar surface area (TPSA) is 61.6 Å². The highest BCUT2D eigenvalue weighted by Crippen LogP contribution is 2.24. The smallest absolute Gasteiger partial charge is 0.227 e. The summed E-state index contributed by atoms with van der Waals surface area (Å²) in [5.41, 5.74) is 6.23. The van der Waals surface area contributed by atoms with E-state index in [9.17, 15) is 4.79 Å². The minimum absolute atomic E-state index is 0.292. The summed E-state index contributed by atoms with van der Waals surface area (Å²) in [6, 6.07) is 15.2. The first-order chi connectivity index (χ1) is 10.2. The molecule has 2 aromatic rings. The Bertz CT molecular complexity index is 581. The average Bonchev–Trinajstić information content (AvgIpc) is 2.49. The van der Waals surface area contributed by atoms with Crippen molar-refractivity contribution >= 4 is 17.7 Å². The highest BCUT2D eigenvalue weighted by Gasteiger charge is 2.00. The predicted octanol–water partition coefficient (Wildman–Crippen LogP) is 3.21. The van der Waals surface area contributed by atoms with Crippen LogP contribution in [0.4, 0.5) is 0 Å². The molecular formula is C16H17NO3S. The SMILES string of the molecule is COc1ccc(Oc2ccc(CSCC(N)=O)cc2)cc1. The van der Waals surface area contributed by atoms with Gasteiger partial charge in [0.1, 0.15) is 17.2 Å². The van der Waals surface area contributed by atoms with Gasteiger partial charge in [0.05, 0.1) is 12.9 Å². The van der Waals surface area contributed by atoms with Crippen LogP contribution >= 0.6 is 11.8 Å². The van der Waals surface area contributed by atoms with E-state index >= 15 is 0 Å². The number of amides is 1. The standard InChI is InChI=1S/C16H17NO3S/c1-19-13-6-8-15(9-7-13)20-14-4-2-12(3-5-14)10-21-11-16(17)18/h2-9H,10-11H2,1H3,(H2,17,18). The van der Waals surface area contributed by atoms with Crippen molar-refractivity contribution in [2.75, 3.05) is 12.9 Å². The molecule has 0 atom stereocenters. The third-order valence-corrected chi connectivity index (χ3v) is 3.76. The number of primary amides is 1. The van der Waals surface area contributed by atoms with E-state index in [4.69, 9.17) is 15.2 Å². The van der Waals surface area contributed by atoms with Gasteiger partial charge in [0, 0.05) is 5.75 Å². The average molecular weight is 303 g/mol. The summed E-state index contributed by atoms with van der Waals surface area (Å²) in [6.45, 7) is 0. The lowest BCUT2D eigenvalue weighted by Crippen LogP contribution is -2.13. The van der Waals surface area contributed by atoms with Crippen molar-refractivity contribution in [3.8, 4) is 17.2 Å². The van der Waals surface area contributed by atoms with Crippen LogP contribution in [-0.2, 0) is 10.5 Å². The number of rotatable bonds is 7. The molecule has 21 heavy (non-hydrogen) atoms. The zero-order chi connectivity index (χ0) is 15.1. The molecule has 0 aromatic heterocycles. The minimum atomic E-state index is -0.292. The summed E-state index contributed by atoms with van der Waals surface area (Å²) in [7, 11) is 1.63. The van der Waals surface area contributed by atoms with E-state index in [0.717, 1.165) is 28.6 Å². The first kappa shape index (κ1) is 15.3. The number of nitrogens with two attached hydrogens (primary N) is 1. The molecule has 2 rings (SSSR count). The van der Waals surface area contributed by atoms with E-state index in [1.807, 2.05) is 48.5 Å². The van der Waals surface area contributed by atoms with Crippen molar-refractivity contribution in [2.24, 2.45) is 5.73 Å². The Morgan fingerprint density at radius 3 is 2.05 bits per heavy atom. The van der Waals surface area contributed by atoms with Gasteiger partial charge in [-0.3, -0.25) is 4.79 Å². The number of ether oxygens (including phenoxy) is 2. The van der Waals surface area contributed by atoms with Crippen LogP contribution in [0.1, 0.15) is 5.56 Å². The molecule has 0 heterocycles. The number of benzene rings is 2. The summed E-state index contributed by atoms with van der Waals surface area (Å²) >= 11 is 1.50. The van der Waals surface area contributed by atoms with Crippen LogP contribution in [0.25, 0.3) is 0 Å². The summed E-state index contributed by atoms with van der Waals surface area (Å²) in [6.07, 6.45) is 0. The highest BCUT2D eigenvalue weighted by atomic mass is 32.2. The van der Waals surface area contributed by atoms with Gasteiger partial charge in [0.15, 0.2) is 0 Å². The summed E-state index contributed by atoms with van der Waals surface area (Å²) in [5.74, 6) is 3.12. The molecule has 110 valence electrons. The maximum Gasteiger partial charge on any atom is 0.227 e. The Balaban J connectivity index is 1.90. The maximum absolute atomic E-state index is 10.7. The number of hydrogen-bond acceptors (Lipinski definition) is 4. The first-order valence-electron chi connectivity index (χ1n) is 6.44. The molecule has 0 unspecified atom stereocenters. The van der Waals surface area contributed by atoms with Crippen molar-refractivity contribution in [2.45, 2.75) is 5.75 Å². The second-order valence-electron chi connectivity index (χ2n) is 4.38. The van der Waals surface area contributed by atoms with Crippen molar-refractivity contribution in [1.82, 2.24) is 0 Å². The van der Waals surface area contributed by atoms with Gasteiger partial charge in [-0.2, -0.15) is 0 Å². The quantitative estimate of drug-likeness (QED) is 0.853. The third-order valence-electron chi connectivity index (χ3n) is 2.73. The Kier molecular flexibility index (Phi) is 5.51. The van der Waals surface area contributed by atoms with Crippen molar-refractivity contribution in [3.63, 3.8) is 0 Å². The van der Waals surface area contributed by atoms with Crippen LogP contribution in [-0.4, -0.2) is 18.8 Å². The molecule has 0 bridgehead atoms. The molecule has 1 amide bonds. The molecular weight excluding hydrogens is 286 g/mol. The lowest BCUT2D eigenvalue weighted by Gasteiger charge is -2.07. The van der Waals surface area contributed by atoms with Gasteiger partial charge in [-0.15, -0.1) is 11.8 Å². The van der Waals surface area contributed by atoms with Crippen molar-refractivity contribution in [1.29, 1.82) is 0 Å². The maximum atomic E-state index is 10.7. The van der Waals surface area contributed by atoms with Crippen LogP contribution < -0.4 is 15.2 Å². The molecule has 0 fully saturated rings. The number of thioether (sulfide) groups is 1. The fourth-order valence-corrected chi connectivity index (χ4v) is 2.43. The van der Waals surface area contributed by atoms with Crippen LogP contribution in [0, 0.1) is 0 Å². The number of carbonyl (C=O) groups is 1. The van der Waals surface area contributed by atoms with Crippen LogP contribution in [0.2, 0.25) is 0 Å². The fraction of sp³-hybridized carbons (Fsp3) is 0.188. The molecule has 0 saturated heterocycles. The second-order valence-corrected chi connectivity index (χ2v) is 5.37. The van der Waals surface area contributed by atoms with Gasteiger partial charge in [-0.25, -0.2) is 0 Å². The number of methoxy groups -OCH3 is 1. The summed E-state index contributed by atoms with van der Waals surface area (Å²) in [4.78, 5) is 10.7. The van der Waals surface area contributed by atoms with E-state index in [2.05, 4.69) is 0 Å². The normalized spacial score (nSPS) is 10.1. The second kappa shape index (κ2) is 7.59. The Morgan fingerprint density at radius 1 is 1.00 bits per heavy atom. The van der Waals surface area contributed by atoms with Gasteiger partial charge >= 0.3 is 0 Å². The Hall–Kier alpha value is -2.14. The minimum Gasteiger partial charge on any atom is -0.497 e.